The molecule has 2 rings (SSSR count). The summed E-state index contributed by atoms with van der Waals surface area (Å²) >= 11 is 0. The van der Waals surface area contributed by atoms with Crippen LogP contribution in [0.2, 0.25) is 0 Å². The van der Waals surface area contributed by atoms with E-state index in [1.165, 1.54) is 5.56 Å². The lowest BCUT2D eigenvalue weighted by Gasteiger charge is -2.12. The average Bonchev–Trinajstić information content (AvgIpc) is 2.82. The molecule has 0 saturated carbocycles. The maximum absolute atomic E-state index is 5.15. The van der Waals surface area contributed by atoms with Crippen LogP contribution >= 0.6 is 0 Å². The number of hydrogen-bond donors (Lipinski definition) is 0. The summed E-state index contributed by atoms with van der Waals surface area (Å²) in [4.78, 5) is 4.05. The molecular weight excluding hydrogens is 212 g/mol. The molecule has 1 aromatic heterocycles. The monoisotopic (exact) mass is 230 g/mol. The zero-order valence-corrected chi connectivity index (χ0v) is 10.3. The van der Waals surface area contributed by atoms with Gasteiger partial charge in [0.05, 0.1) is 13.4 Å². The van der Waals surface area contributed by atoms with Gasteiger partial charge < -0.3 is 9.30 Å². The number of methoxy groups -OCH3 is 1. The average molecular weight is 230 g/mol. The summed E-state index contributed by atoms with van der Waals surface area (Å²) in [6.07, 6.45) is 6.76. The molecule has 0 aliphatic rings. The quantitative estimate of drug-likeness (QED) is 0.789. The highest BCUT2D eigenvalue weighted by atomic mass is 16.5. The van der Waals surface area contributed by atoms with Crippen molar-refractivity contribution >= 4 is 0 Å². The van der Waals surface area contributed by atoms with Crippen molar-refractivity contribution in [3.63, 3.8) is 0 Å². The number of ether oxygens (including phenoxy) is 1. The van der Waals surface area contributed by atoms with Crippen LogP contribution in [0.4, 0.5) is 0 Å². The molecule has 3 nitrogen and oxygen atoms in total. The number of aromatic nitrogens is 2. The Morgan fingerprint density at radius 3 is 2.65 bits per heavy atom. The third kappa shape index (κ3) is 3.34. The molecule has 1 heterocycles. The van der Waals surface area contributed by atoms with Gasteiger partial charge in [-0.2, -0.15) is 0 Å². The maximum atomic E-state index is 5.15. The number of rotatable bonds is 5. The van der Waals surface area contributed by atoms with Crippen LogP contribution in [0, 0.1) is 5.92 Å². The normalized spacial score (nSPS) is 12.4. The molecule has 0 aliphatic heterocycles. The van der Waals surface area contributed by atoms with Gasteiger partial charge in [0.25, 0.3) is 0 Å². The summed E-state index contributed by atoms with van der Waals surface area (Å²) in [7, 11) is 1.69. The summed E-state index contributed by atoms with van der Waals surface area (Å²) in [5.74, 6) is 1.51. The smallest absolute Gasteiger partial charge is 0.118 e. The third-order valence-corrected chi connectivity index (χ3v) is 2.82. The van der Waals surface area contributed by atoms with Crippen LogP contribution in [0.5, 0.6) is 5.75 Å². The fourth-order valence-corrected chi connectivity index (χ4v) is 1.98. The second kappa shape index (κ2) is 5.53. The zero-order chi connectivity index (χ0) is 12.1. The number of nitrogens with zero attached hydrogens (tertiary/aromatic N) is 2. The van der Waals surface area contributed by atoms with E-state index < -0.39 is 0 Å². The first-order chi connectivity index (χ1) is 8.28. The molecule has 3 heteroatoms. The molecular formula is C14H18N2O. The maximum Gasteiger partial charge on any atom is 0.118 e. The molecule has 0 amide bonds. The van der Waals surface area contributed by atoms with Gasteiger partial charge in [0, 0.05) is 18.9 Å². The van der Waals surface area contributed by atoms with E-state index in [4.69, 9.17) is 4.74 Å². The first-order valence-corrected chi connectivity index (χ1v) is 5.86. The van der Waals surface area contributed by atoms with E-state index in [1.807, 2.05) is 30.9 Å². The lowest BCUT2D eigenvalue weighted by atomic mass is 10.0. The highest BCUT2D eigenvalue weighted by molar-refractivity contribution is 5.27. The molecule has 90 valence electrons. The van der Waals surface area contributed by atoms with Crippen LogP contribution < -0.4 is 4.74 Å². The number of imidazole rings is 1. The summed E-state index contributed by atoms with van der Waals surface area (Å²) in [5, 5.41) is 0. The third-order valence-electron chi connectivity index (χ3n) is 2.82. The topological polar surface area (TPSA) is 27.1 Å². The Hall–Kier alpha value is -1.77. The van der Waals surface area contributed by atoms with Crippen molar-refractivity contribution in [3.05, 3.63) is 48.5 Å². The molecule has 0 spiro atoms. The van der Waals surface area contributed by atoms with Crippen molar-refractivity contribution in [2.75, 3.05) is 7.11 Å². The first-order valence-electron chi connectivity index (χ1n) is 5.86. The van der Waals surface area contributed by atoms with E-state index in [1.54, 1.807) is 7.11 Å². The van der Waals surface area contributed by atoms with Crippen molar-refractivity contribution in [1.29, 1.82) is 0 Å². The van der Waals surface area contributed by atoms with Gasteiger partial charge in [-0.15, -0.1) is 0 Å². The molecule has 1 aromatic carbocycles. The van der Waals surface area contributed by atoms with E-state index >= 15 is 0 Å². The van der Waals surface area contributed by atoms with Gasteiger partial charge in [0.15, 0.2) is 0 Å². The van der Waals surface area contributed by atoms with E-state index in [0.29, 0.717) is 5.92 Å². The van der Waals surface area contributed by atoms with E-state index in [-0.39, 0.29) is 0 Å². The van der Waals surface area contributed by atoms with Gasteiger partial charge in [0.2, 0.25) is 0 Å². The standard InChI is InChI=1S/C14H18N2O/c1-12(10-16-8-7-15-11-16)9-13-3-5-14(17-2)6-4-13/h3-8,11-12H,9-10H2,1-2H3. The Labute approximate surface area is 102 Å². The van der Waals surface area contributed by atoms with Crippen LogP contribution in [0.15, 0.2) is 43.0 Å². The van der Waals surface area contributed by atoms with Crippen LogP contribution in [0.3, 0.4) is 0 Å². The molecule has 1 atom stereocenters. The Morgan fingerprint density at radius 1 is 1.29 bits per heavy atom. The van der Waals surface area contributed by atoms with Crippen molar-refractivity contribution < 1.29 is 4.74 Å². The van der Waals surface area contributed by atoms with Crippen molar-refractivity contribution in [2.45, 2.75) is 19.9 Å². The van der Waals surface area contributed by atoms with E-state index in [0.717, 1.165) is 18.7 Å². The molecule has 0 bridgehead atoms. The molecule has 17 heavy (non-hydrogen) atoms. The molecule has 2 aromatic rings. The SMILES string of the molecule is COc1ccc(CC(C)Cn2ccnc2)cc1. The van der Waals surface area contributed by atoms with Crippen LogP contribution in [-0.2, 0) is 13.0 Å². The Kier molecular flexibility index (Phi) is 3.81. The minimum absolute atomic E-state index is 0.595. The summed E-state index contributed by atoms with van der Waals surface area (Å²) in [6, 6.07) is 8.28. The fraction of sp³-hybridized carbons (Fsp3) is 0.357. The van der Waals surface area contributed by atoms with Gasteiger partial charge in [-0.25, -0.2) is 4.98 Å². The minimum atomic E-state index is 0.595. The Balaban J connectivity index is 1.91. The second-order valence-electron chi connectivity index (χ2n) is 4.42. The summed E-state index contributed by atoms with van der Waals surface area (Å²) in [6.45, 7) is 3.26. The van der Waals surface area contributed by atoms with Gasteiger partial charge in [0.1, 0.15) is 5.75 Å². The lowest BCUT2D eigenvalue weighted by Crippen LogP contribution is -2.08. The number of benzene rings is 1. The van der Waals surface area contributed by atoms with Gasteiger partial charge in [-0.1, -0.05) is 19.1 Å². The molecule has 0 radical (unpaired) electrons. The Morgan fingerprint density at radius 2 is 2.06 bits per heavy atom. The molecule has 0 N–H and O–H groups in total. The van der Waals surface area contributed by atoms with Crippen molar-refractivity contribution in [1.82, 2.24) is 9.55 Å². The summed E-state index contributed by atoms with van der Waals surface area (Å²) < 4.78 is 7.27. The molecule has 1 unspecified atom stereocenters. The van der Waals surface area contributed by atoms with Gasteiger partial charge >= 0.3 is 0 Å². The Bertz CT molecular complexity index is 434. The molecule has 0 saturated heterocycles. The van der Waals surface area contributed by atoms with Crippen LogP contribution in [0.1, 0.15) is 12.5 Å². The second-order valence-corrected chi connectivity index (χ2v) is 4.42. The predicted molar refractivity (Wildman–Crippen MR) is 68.1 cm³/mol. The largest absolute Gasteiger partial charge is 0.497 e. The van der Waals surface area contributed by atoms with Crippen molar-refractivity contribution in [2.24, 2.45) is 5.92 Å². The zero-order valence-electron chi connectivity index (χ0n) is 10.3. The number of hydrogen-bond acceptors (Lipinski definition) is 2. The predicted octanol–water partition coefficient (Wildman–Crippen LogP) is 2.77. The van der Waals surface area contributed by atoms with Gasteiger partial charge in [-0.3, -0.25) is 0 Å². The fourth-order valence-electron chi connectivity index (χ4n) is 1.98. The highest BCUT2D eigenvalue weighted by Gasteiger charge is 2.04. The summed E-state index contributed by atoms with van der Waals surface area (Å²) in [5.41, 5.74) is 1.35. The molecule has 0 fully saturated rings. The van der Waals surface area contributed by atoms with Gasteiger partial charge in [-0.05, 0) is 30.0 Å². The van der Waals surface area contributed by atoms with Crippen LogP contribution in [0.25, 0.3) is 0 Å². The lowest BCUT2D eigenvalue weighted by molar-refractivity contribution is 0.414. The van der Waals surface area contributed by atoms with E-state index in [2.05, 4.69) is 28.6 Å². The van der Waals surface area contributed by atoms with E-state index in [9.17, 15) is 0 Å². The molecule has 0 aliphatic carbocycles. The first kappa shape index (κ1) is 11.7. The van der Waals surface area contributed by atoms with Crippen LogP contribution in [-0.4, -0.2) is 16.7 Å². The minimum Gasteiger partial charge on any atom is -0.497 e. The highest BCUT2D eigenvalue weighted by Crippen LogP contribution is 2.15. The van der Waals surface area contributed by atoms with Crippen molar-refractivity contribution in [3.8, 4) is 5.75 Å².